The predicted octanol–water partition coefficient (Wildman–Crippen LogP) is 2.92. The first kappa shape index (κ1) is 26.3. The summed E-state index contributed by atoms with van der Waals surface area (Å²) in [5, 5.41) is 6.61. The number of benzene rings is 1. The third-order valence-electron chi connectivity index (χ3n) is 7.03. The Kier molecular flexibility index (Phi) is 7.48. The zero-order chi connectivity index (χ0) is 26.9. The van der Waals surface area contributed by atoms with Crippen LogP contribution in [-0.4, -0.2) is 85.0 Å². The van der Waals surface area contributed by atoms with Gasteiger partial charge in [0, 0.05) is 50.6 Å². The number of amides is 1. The molecule has 0 spiro atoms. The number of alkyl halides is 3. The average Bonchev–Trinajstić information content (AvgIpc) is 2.88. The molecule has 0 radical (unpaired) electrons. The van der Waals surface area contributed by atoms with E-state index in [9.17, 15) is 18.0 Å². The Morgan fingerprint density at radius 1 is 1.18 bits per heavy atom. The topological polar surface area (TPSA) is 118 Å². The summed E-state index contributed by atoms with van der Waals surface area (Å²) in [7, 11) is 0. The van der Waals surface area contributed by atoms with Crippen LogP contribution in [-0.2, 0) is 11.2 Å². The number of nitrogens with one attached hydrogen (secondary N) is 2. The third kappa shape index (κ3) is 5.88. The van der Waals surface area contributed by atoms with Gasteiger partial charge in [0.2, 0.25) is 0 Å². The van der Waals surface area contributed by atoms with Gasteiger partial charge >= 0.3 is 6.18 Å². The molecule has 1 atom stereocenters. The second-order valence-electron chi connectivity index (χ2n) is 9.78. The highest BCUT2D eigenvalue weighted by Crippen LogP contribution is 2.38. The van der Waals surface area contributed by atoms with E-state index >= 15 is 0 Å². The zero-order valence-corrected chi connectivity index (χ0v) is 21.2. The van der Waals surface area contributed by atoms with Gasteiger partial charge in [0.15, 0.2) is 17.3 Å². The molecular formula is C25H32F3N7O3. The number of hydrogen-bond donors (Lipinski definition) is 3. The predicted molar refractivity (Wildman–Crippen MR) is 136 cm³/mol. The molecule has 10 nitrogen and oxygen atoms in total. The minimum Gasteiger partial charge on any atom is -0.489 e. The Balaban J connectivity index is 1.35. The van der Waals surface area contributed by atoms with Gasteiger partial charge in [-0.1, -0.05) is 6.92 Å². The second-order valence-corrected chi connectivity index (χ2v) is 9.78. The first-order chi connectivity index (χ1) is 18.2. The largest absolute Gasteiger partial charge is 0.489 e. The first-order valence-electron chi connectivity index (χ1n) is 12.8. The number of rotatable bonds is 7. The molecular weight excluding hydrogens is 503 g/mol. The molecule has 0 bridgehead atoms. The Morgan fingerprint density at radius 2 is 1.97 bits per heavy atom. The van der Waals surface area contributed by atoms with E-state index in [1.165, 1.54) is 4.90 Å². The maximum absolute atomic E-state index is 12.8. The summed E-state index contributed by atoms with van der Waals surface area (Å²) in [6.07, 6.45) is -1.96. The van der Waals surface area contributed by atoms with Crippen molar-refractivity contribution >= 4 is 28.9 Å². The number of ether oxygens (including phenoxy) is 2. The number of primary amides is 1. The van der Waals surface area contributed by atoms with Gasteiger partial charge in [-0.25, -0.2) is 9.97 Å². The average molecular weight is 536 g/mol. The molecule has 3 aliphatic rings. The molecule has 1 aromatic heterocycles. The smallest absolute Gasteiger partial charge is 0.401 e. The fourth-order valence-corrected chi connectivity index (χ4v) is 5.17. The van der Waals surface area contributed by atoms with Crippen molar-refractivity contribution in [1.29, 1.82) is 0 Å². The standard InChI is InChI=1S/C25H32F3N7O3/c1-2-18-23(30-15-5-9-37-10-6-15)33-24(21(32-18)22(29)36)31-16-3-4-19-20(11-16)38-13-17-12-34(7-8-35(17)19)14-25(26,27)28/h3-4,11,15,17H,2,5-10,12-14H2,1H3,(H2,29,36)(H2,30,31,33)/t17-/m0/s1. The van der Waals surface area contributed by atoms with E-state index in [0.717, 1.165) is 18.5 Å². The Labute approximate surface area is 218 Å². The van der Waals surface area contributed by atoms with E-state index < -0.39 is 18.6 Å². The third-order valence-corrected chi connectivity index (χ3v) is 7.03. The van der Waals surface area contributed by atoms with Gasteiger partial charge in [0.25, 0.3) is 5.91 Å². The number of nitrogens with two attached hydrogens (primary N) is 1. The summed E-state index contributed by atoms with van der Waals surface area (Å²) in [5.41, 5.74) is 7.77. The maximum atomic E-state index is 12.8. The Bertz CT molecular complexity index is 1170. The van der Waals surface area contributed by atoms with Gasteiger partial charge in [-0.3, -0.25) is 9.69 Å². The minimum atomic E-state index is -4.22. The lowest BCUT2D eigenvalue weighted by Gasteiger charge is -2.45. The lowest BCUT2D eigenvalue weighted by atomic mass is 10.1. The number of anilines is 4. The number of carbonyl (C=O) groups excluding carboxylic acids is 1. The van der Waals surface area contributed by atoms with Crippen molar-refractivity contribution in [2.75, 3.05) is 61.5 Å². The van der Waals surface area contributed by atoms with Crippen LogP contribution in [0.15, 0.2) is 18.2 Å². The van der Waals surface area contributed by atoms with Crippen LogP contribution in [0, 0.1) is 0 Å². The lowest BCUT2D eigenvalue weighted by molar-refractivity contribution is -0.147. The molecule has 4 N–H and O–H groups in total. The first-order valence-corrected chi connectivity index (χ1v) is 12.8. The molecule has 5 rings (SSSR count). The van der Waals surface area contributed by atoms with Crippen LogP contribution in [0.1, 0.15) is 35.9 Å². The summed E-state index contributed by atoms with van der Waals surface area (Å²) in [5.74, 6) is 0.746. The van der Waals surface area contributed by atoms with Crippen LogP contribution in [0.2, 0.25) is 0 Å². The number of carbonyl (C=O) groups is 1. The molecule has 1 amide bonds. The molecule has 206 valence electrons. The zero-order valence-electron chi connectivity index (χ0n) is 21.2. The molecule has 0 unspecified atom stereocenters. The molecule has 3 aliphatic heterocycles. The van der Waals surface area contributed by atoms with Crippen molar-refractivity contribution in [1.82, 2.24) is 14.9 Å². The van der Waals surface area contributed by atoms with Gasteiger partial charge in [-0.15, -0.1) is 0 Å². The number of aryl methyl sites for hydroxylation is 1. The molecule has 4 heterocycles. The van der Waals surface area contributed by atoms with E-state index in [4.69, 9.17) is 20.2 Å². The number of piperazine rings is 1. The highest BCUT2D eigenvalue weighted by molar-refractivity contribution is 5.96. The number of aromatic nitrogens is 2. The quantitative estimate of drug-likeness (QED) is 0.492. The monoisotopic (exact) mass is 535 g/mol. The highest BCUT2D eigenvalue weighted by Gasteiger charge is 2.38. The van der Waals surface area contributed by atoms with E-state index in [1.54, 1.807) is 6.07 Å². The van der Waals surface area contributed by atoms with Crippen molar-refractivity contribution in [3.05, 3.63) is 29.6 Å². The van der Waals surface area contributed by atoms with Crippen LogP contribution in [0.4, 0.5) is 36.2 Å². The number of nitrogens with zero attached hydrogens (tertiary/aromatic N) is 4. The van der Waals surface area contributed by atoms with Crippen molar-refractivity contribution < 1.29 is 27.4 Å². The summed E-state index contributed by atoms with van der Waals surface area (Å²) in [4.78, 5) is 24.9. The van der Waals surface area contributed by atoms with Crippen LogP contribution < -0.4 is 26.0 Å². The summed E-state index contributed by atoms with van der Waals surface area (Å²) >= 11 is 0. The van der Waals surface area contributed by atoms with Crippen molar-refractivity contribution in [2.45, 2.75) is 44.4 Å². The maximum Gasteiger partial charge on any atom is 0.401 e. The SMILES string of the molecule is CCc1nc(C(N)=O)c(Nc2ccc3c(c2)OC[C@@H]2CN(CC(F)(F)F)CCN32)nc1NC1CCOCC1. The van der Waals surface area contributed by atoms with Gasteiger partial charge in [0.05, 0.1) is 24.0 Å². The molecule has 1 aromatic carbocycles. The van der Waals surface area contributed by atoms with Gasteiger partial charge in [-0.05, 0) is 31.4 Å². The van der Waals surface area contributed by atoms with Gasteiger partial charge in [0.1, 0.15) is 12.4 Å². The minimum absolute atomic E-state index is 0.0406. The van der Waals surface area contributed by atoms with Crippen LogP contribution in [0.5, 0.6) is 5.75 Å². The molecule has 0 aliphatic carbocycles. The normalized spacial score (nSPS) is 20.3. The fourth-order valence-electron chi connectivity index (χ4n) is 5.17. The van der Waals surface area contributed by atoms with Gasteiger partial charge in [-0.2, -0.15) is 13.2 Å². The summed E-state index contributed by atoms with van der Waals surface area (Å²) < 4.78 is 49.9. The number of hydrogen-bond acceptors (Lipinski definition) is 9. The van der Waals surface area contributed by atoms with E-state index in [-0.39, 0.29) is 36.7 Å². The molecule has 2 fully saturated rings. The molecule has 13 heteroatoms. The van der Waals surface area contributed by atoms with E-state index in [1.807, 2.05) is 19.1 Å². The van der Waals surface area contributed by atoms with Crippen LogP contribution in [0.25, 0.3) is 0 Å². The van der Waals surface area contributed by atoms with Crippen LogP contribution in [0.3, 0.4) is 0 Å². The molecule has 38 heavy (non-hydrogen) atoms. The Hall–Kier alpha value is -3.32. The molecule has 2 saturated heterocycles. The second kappa shape index (κ2) is 10.8. The van der Waals surface area contributed by atoms with E-state index in [0.29, 0.717) is 55.7 Å². The highest BCUT2D eigenvalue weighted by atomic mass is 19.4. The summed E-state index contributed by atoms with van der Waals surface area (Å²) in [6.45, 7) is 3.71. The van der Waals surface area contributed by atoms with Crippen molar-refractivity contribution in [2.24, 2.45) is 5.73 Å². The molecule has 2 aromatic rings. The van der Waals surface area contributed by atoms with Crippen molar-refractivity contribution in [3.63, 3.8) is 0 Å². The number of fused-ring (bicyclic) bond motifs is 3. The Morgan fingerprint density at radius 3 is 2.68 bits per heavy atom. The lowest BCUT2D eigenvalue weighted by Crippen LogP contribution is -2.58. The van der Waals surface area contributed by atoms with Crippen molar-refractivity contribution in [3.8, 4) is 5.75 Å². The summed E-state index contributed by atoms with van der Waals surface area (Å²) in [6, 6.07) is 5.50. The van der Waals surface area contributed by atoms with Gasteiger partial charge < -0.3 is 30.7 Å². The number of halogens is 3. The van der Waals surface area contributed by atoms with Crippen LogP contribution >= 0.6 is 0 Å². The fraction of sp³-hybridized carbons (Fsp3) is 0.560. The van der Waals surface area contributed by atoms with E-state index in [2.05, 4.69) is 20.5 Å². The molecule has 0 saturated carbocycles.